The van der Waals surface area contributed by atoms with Gasteiger partial charge in [0.1, 0.15) is 0 Å². The van der Waals surface area contributed by atoms with Gasteiger partial charge in [0, 0.05) is 25.8 Å². The van der Waals surface area contributed by atoms with Crippen LogP contribution in [0.4, 0.5) is 10.5 Å². The third kappa shape index (κ3) is 7.40. The predicted molar refractivity (Wildman–Crippen MR) is 101 cm³/mol. The molecule has 0 aromatic heterocycles. The summed E-state index contributed by atoms with van der Waals surface area (Å²) in [7, 11) is -1.68. The van der Waals surface area contributed by atoms with Gasteiger partial charge in [0.15, 0.2) is 0 Å². The van der Waals surface area contributed by atoms with E-state index in [-0.39, 0.29) is 5.75 Å². The molecule has 26 heavy (non-hydrogen) atoms. The van der Waals surface area contributed by atoms with Crippen LogP contribution in [0, 0.1) is 0 Å². The first-order valence-electron chi connectivity index (χ1n) is 8.56. The molecule has 0 fully saturated rings. The number of amides is 2. The van der Waals surface area contributed by atoms with Gasteiger partial charge in [-0.15, -0.1) is 0 Å². The lowest BCUT2D eigenvalue weighted by Gasteiger charge is -2.16. The highest BCUT2D eigenvalue weighted by atomic mass is 32.2. The molecule has 0 spiro atoms. The van der Waals surface area contributed by atoms with E-state index in [1.807, 2.05) is 6.92 Å². The van der Waals surface area contributed by atoms with Crippen molar-refractivity contribution in [2.45, 2.75) is 26.7 Å². The number of carbonyl (C=O) groups excluding carboxylic acids is 2. The molecule has 0 bridgehead atoms. The molecule has 9 heteroatoms. The van der Waals surface area contributed by atoms with Crippen molar-refractivity contribution in [3.8, 4) is 0 Å². The molecule has 1 aromatic rings. The molecule has 146 valence electrons. The van der Waals surface area contributed by atoms with Gasteiger partial charge >= 0.3 is 12.0 Å². The Morgan fingerprint density at radius 2 is 1.81 bits per heavy atom. The Morgan fingerprint density at radius 3 is 2.38 bits per heavy atom. The second-order valence-electron chi connectivity index (χ2n) is 5.67. The molecule has 0 saturated heterocycles. The molecule has 0 saturated carbocycles. The fourth-order valence-corrected chi connectivity index (χ4v) is 2.85. The molecule has 2 amide bonds. The third-order valence-corrected chi connectivity index (χ3v) is 5.45. The number of benzene rings is 1. The average Bonchev–Trinajstić information content (AvgIpc) is 2.63. The highest BCUT2D eigenvalue weighted by Gasteiger charge is 2.14. The van der Waals surface area contributed by atoms with Crippen LogP contribution in [0.1, 0.15) is 37.0 Å². The van der Waals surface area contributed by atoms with Gasteiger partial charge in [-0.3, -0.25) is 0 Å². The maximum atomic E-state index is 11.8. The highest BCUT2D eigenvalue weighted by Crippen LogP contribution is 2.10. The van der Waals surface area contributed by atoms with Crippen LogP contribution in [0.3, 0.4) is 0 Å². The minimum Gasteiger partial charge on any atom is -0.462 e. The van der Waals surface area contributed by atoms with E-state index in [1.165, 1.54) is 11.4 Å². The minimum atomic E-state index is -3.20. The summed E-state index contributed by atoms with van der Waals surface area (Å²) in [6.45, 7) is 4.56. The van der Waals surface area contributed by atoms with Gasteiger partial charge in [0.05, 0.1) is 17.9 Å². The molecule has 0 aliphatic rings. The molecular formula is C17H27N3O5S. The molecule has 0 unspecified atom stereocenters. The standard InChI is InChI=1S/C17H27N3O5S/c1-4-13-25-16(21)14-7-9-15(10-8-14)19-17(22)18-11-6-12-20(3)26(23,24)5-2/h7-10H,4-6,11-13H2,1-3H3,(H2,18,19,22). The molecule has 0 aliphatic carbocycles. The first-order chi connectivity index (χ1) is 12.3. The van der Waals surface area contributed by atoms with Crippen LogP contribution in [0.15, 0.2) is 24.3 Å². The zero-order valence-corrected chi connectivity index (χ0v) is 16.3. The fourth-order valence-electron chi connectivity index (χ4n) is 2.01. The number of rotatable bonds is 10. The van der Waals surface area contributed by atoms with Crippen LogP contribution >= 0.6 is 0 Å². The number of carbonyl (C=O) groups is 2. The molecular weight excluding hydrogens is 358 g/mol. The monoisotopic (exact) mass is 385 g/mol. The van der Waals surface area contributed by atoms with E-state index >= 15 is 0 Å². The van der Waals surface area contributed by atoms with E-state index in [2.05, 4.69) is 10.6 Å². The number of sulfonamides is 1. The first kappa shape index (κ1) is 21.9. The average molecular weight is 385 g/mol. The van der Waals surface area contributed by atoms with Crippen molar-refractivity contribution in [2.75, 3.05) is 37.8 Å². The van der Waals surface area contributed by atoms with E-state index in [0.717, 1.165) is 6.42 Å². The maximum absolute atomic E-state index is 11.8. The van der Waals surface area contributed by atoms with E-state index in [1.54, 1.807) is 31.2 Å². The molecule has 0 radical (unpaired) electrons. The minimum absolute atomic E-state index is 0.0550. The number of nitrogens with one attached hydrogen (secondary N) is 2. The third-order valence-electron chi connectivity index (χ3n) is 3.59. The van der Waals surface area contributed by atoms with Crippen LogP contribution in [0.25, 0.3) is 0 Å². The lowest BCUT2D eigenvalue weighted by atomic mass is 10.2. The first-order valence-corrected chi connectivity index (χ1v) is 10.2. The zero-order valence-electron chi connectivity index (χ0n) is 15.4. The second-order valence-corrected chi connectivity index (χ2v) is 8.03. The summed E-state index contributed by atoms with van der Waals surface area (Å²) in [5.74, 6) is -0.339. The normalized spacial score (nSPS) is 11.2. The molecule has 2 N–H and O–H groups in total. The van der Waals surface area contributed by atoms with Crippen molar-refractivity contribution < 1.29 is 22.7 Å². The summed E-state index contributed by atoms with van der Waals surface area (Å²) in [6, 6.07) is 6.00. The topological polar surface area (TPSA) is 105 Å². The van der Waals surface area contributed by atoms with Gasteiger partial charge in [0.2, 0.25) is 10.0 Å². The van der Waals surface area contributed by atoms with E-state index < -0.39 is 22.0 Å². The Morgan fingerprint density at radius 1 is 1.15 bits per heavy atom. The Bertz CT molecular complexity index is 689. The largest absolute Gasteiger partial charge is 0.462 e. The van der Waals surface area contributed by atoms with Crippen molar-refractivity contribution >= 4 is 27.7 Å². The van der Waals surface area contributed by atoms with Crippen LogP contribution in [0.2, 0.25) is 0 Å². The van der Waals surface area contributed by atoms with E-state index in [4.69, 9.17) is 4.74 Å². The molecule has 0 aliphatic heterocycles. The van der Waals surface area contributed by atoms with Crippen molar-refractivity contribution in [1.82, 2.24) is 9.62 Å². The summed E-state index contributed by atoms with van der Waals surface area (Å²) < 4.78 is 29.5. The summed E-state index contributed by atoms with van der Waals surface area (Å²) in [5.41, 5.74) is 0.963. The summed E-state index contributed by atoms with van der Waals surface area (Å²) >= 11 is 0. The van der Waals surface area contributed by atoms with Gasteiger partial charge in [-0.2, -0.15) is 0 Å². The van der Waals surface area contributed by atoms with E-state index in [9.17, 15) is 18.0 Å². The summed E-state index contributed by atoms with van der Waals surface area (Å²) in [4.78, 5) is 23.5. The van der Waals surface area contributed by atoms with Gasteiger partial charge in [-0.25, -0.2) is 22.3 Å². The van der Waals surface area contributed by atoms with Crippen molar-refractivity contribution in [2.24, 2.45) is 0 Å². The molecule has 0 heterocycles. The maximum Gasteiger partial charge on any atom is 0.338 e. The van der Waals surface area contributed by atoms with Crippen molar-refractivity contribution in [1.29, 1.82) is 0 Å². The van der Waals surface area contributed by atoms with Gasteiger partial charge in [-0.1, -0.05) is 6.92 Å². The molecule has 0 atom stereocenters. The van der Waals surface area contributed by atoms with Gasteiger partial charge < -0.3 is 15.4 Å². The van der Waals surface area contributed by atoms with Crippen LogP contribution < -0.4 is 10.6 Å². The molecule has 8 nitrogen and oxygen atoms in total. The number of nitrogens with zero attached hydrogens (tertiary/aromatic N) is 1. The SMILES string of the molecule is CCCOC(=O)c1ccc(NC(=O)NCCCN(C)S(=O)(=O)CC)cc1. The number of ether oxygens (including phenoxy) is 1. The smallest absolute Gasteiger partial charge is 0.338 e. The van der Waals surface area contributed by atoms with Crippen molar-refractivity contribution in [3.05, 3.63) is 29.8 Å². The number of anilines is 1. The van der Waals surface area contributed by atoms with Gasteiger partial charge in [-0.05, 0) is 44.0 Å². The number of hydrogen-bond acceptors (Lipinski definition) is 5. The predicted octanol–water partition coefficient (Wildman–Crippen LogP) is 2.05. The van der Waals surface area contributed by atoms with Crippen LogP contribution in [-0.4, -0.2) is 57.2 Å². The number of hydrogen-bond donors (Lipinski definition) is 2. The summed E-state index contributed by atoms with van der Waals surface area (Å²) in [6.07, 6.45) is 1.26. The Kier molecular flexibility index (Phi) is 9.08. The number of esters is 1. The Hall–Kier alpha value is -2.13. The zero-order chi connectivity index (χ0) is 19.6. The van der Waals surface area contributed by atoms with E-state index in [0.29, 0.717) is 37.4 Å². The lowest BCUT2D eigenvalue weighted by molar-refractivity contribution is 0.0505. The fraction of sp³-hybridized carbons (Fsp3) is 0.529. The molecule has 1 aromatic carbocycles. The lowest BCUT2D eigenvalue weighted by Crippen LogP contribution is -2.34. The van der Waals surface area contributed by atoms with Gasteiger partial charge in [0.25, 0.3) is 0 Å². The second kappa shape index (κ2) is 10.8. The Labute approximate surface area is 155 Å². The molecule has 1 rings (SSSR count). The van der Waals surface area contributed by atoms with Crippen LogP contribution in [-0.2, 0) is 14.8 Å². The highest BCUT2D eigenvalue weighted by molar-refractivity contribution is 7.89. The van der Waals surface area contributed by atoms with Crippen molar-refractivity contribution in [3.63, 3.8) is 0 Å². The Balaban J connectivity index is 2.36. The number of urea groups is 1. The van der Waals surface area contributed by atoms with Crippen LogP contribution in [0.5, 0.6) is 0 Å². The summed E-state index contributed by atoms with van der Waals surface area (Å²) in [5, 5.41) is 5.30. The quantitative estimate of drug-likeness (QED) is 0.474.